The van der Waals surface area contributed by atoms with Crippen molar-refractivity contribution in [1.82, 2.24) is 20.2 Å². The fraction of sp³-hybridized carbons (Fsp3) is 0.667. The molecule has 1 heterocycles. The van der Waals surface area contributed by atoms with Crippen LogP contribution in [-0.2, 0) is 6.54 Å². The van der Waals surface area contributed by atoms with Crippen molar-refractivity contribution in [2.75, 3.05) is 0 Å². The standard InChI is InChI=1S/C6H11N4/c1-2-3-4-5-10-6-7-8-9-10/h6H,1-5H2. The predicted octanol–water partition coefficient (Wildman–Crippen LogP) is 0.677. The van der Waals surface area contributed by atoms with E-state index in [1.165, 1.54) is 0 Å². The van der Waals surface area contributed by atoms with Crippen LogP contribution in [0.2, 0.25) is 0 Å². The van der Waals surface area contributed by atoms with Crippen molar-refractivity contribution in [3.05, 3.63) is 13.3 Å². The first-order valence-electron chi connectivity index (χ1n) is 3.43. The summed E-state index contributed by atoms with van der Waals surface area (Å²) in [6.45, 7) is 4.65. The number of nitrogens with zero attached hydrogens (tertiary/aromatic N) is 4. The molecule has 55 valence electrons. The summed E-state index contributed by atoms with van der Waals surface area (Å²) in [5.74, 6) is 0. The largest absolute Gasteiger partial charge is 0.233 e. The number of tetrazole rings is 1. The van der Waals surface area contributed by atoms with Crippen LogP contribution >= 0.6 is 0 Å². The minimum absolute atomic E-state index is 0.905. The van der Waals surface area contributed by atoms with Gasteiger partial charge in [0.25, 0.3) is 0 Å². The average Bonchev–Trinajstić information content (AvgIpc) is 2.41. The molecule has 0 aromatic carbocycles. The number of rotatable bonds is 4. The van der Waals surface area contributed by atoms with Gasteiger partial charge in [0, 0.05) is 6.54 Å². The van der Waals surface area contributed by atoms with E-state index in [9.17, 15) is 0 Å². The summed E-state index contributed by atoms with van der Waals surface area (Å²) in [5, 5.41) is 10.8. The van der Waals surface area contributed by atoms with Gasteiger partial charge in [-0.25, -0.2) is 4.68 Å². The van der Waals surface area contributed by atoms with E-state index in [-0.39, 0.29) is 0 Å². The molecule has 0 aliphatic rings. The second-order valence-corrected chi connectivity index (χ2v) is 2.13. The van der Waals surface area contributed by atoms with E-state index in [4.69, 9.17) is 0 Å². The van der Waals surface area contributed by atoms with Crippen molar-refractivity contribution in [2.45, 2.75) is 25.8 Å². The third-order valence-corrected chi connectivity index (χ3v) is 1.28. The van der Waals surface area contributed by atoms with Gasteiger partial charge in [0.05, 0.1) is 0 Å². The molecule has 0 atom stereocenters. The normalized spacial score (nSPS) is 10.1. The Kier molecular flexibility index (Phi) is 2.86. The van der Waals surface area contributed by atoms with Crippen molar-refractivity contribution in [3.8, 4) is 0 Å². The van der Waals surface area contributed by atoms with Crippen molar-refractivity contribution in [1.29, 1.82) is 0 Å². The van der Waals surface area contributed by atoms with E-state index in [1.54, 1.807) is 11.0 Å². The first-order valence-corrected chi connectivity index (χ1v) is 3.43. The summed E-state index contributed by atoms with van der Waals surface area (Å²) in [5.41, 5.74) is 0. The fourth-order valence-electron chi connectivity index (χ4n) is 0.733. The van der Waals surface area contributed by atoms with E-state index in [0.29, 0.717) is 0 Å². The van der Waals surface area contributed by atoms with Gasteiger partial charge in [0.2, 0.25) is 0 Å². The number of aryl methyl sites for hydroxylation is 1. The lowest BCUT2D eigenvalue weighted by Crippen LogP contribution is -1.98. The molecule has 0 saturated carbocycles. The Balaban J connectivity index is 2.15. The zero-order valence-corrected chi connectivity index (χ0v) is 5.90. The van der Waals surface area contributed by atoms with Crippen LogP contribution in [0.1, 0.15) is 19.3 Å². The summed E-state index contributed by atoms with van der Waals surface area (Å²) < 4.78 is 1.73. The van der Waals surface area contributed by atoms with Crippen LogP contribution in [0.25, 0.3) is 0 Å². The molecule has 0 aliphatic carbocycles. The summed E-state index contributed by atoms with van der Waals surface area (Å²) in [7, 11) is 0. The molecule has 1 aromatic heterocycles. The Morgan fingerprint density at radius 3 is 2.90 bits per heavy atom. The summed E-state index contributed by atoms with van der Waals surface area (Å²) in [6, 6.07) is 0. The highest BCUT2D eigenvalue weighted by Gasteiger charge is 1.89. The zero-order valence-electron chi connectivity index (χ0n) is 5.90. The molecule has 0 saturated heterocycles. The molecule has 4 heteroatoms. The Labute approximate surface area is 60.2 Å². The fourth-order valence-corrected chi connectivity index (χ4v) is 0.733. The molecule has 4 nitrogen and oxygen atoms in total. The van der Waals surface area contributed by atoms with Gasteiger partial charge < -0.3 is 0 Å². The first kappa shape index (κ1) is 7.18. The maximum Gasteiger partial charge on any atom is 0.138 e. The van der Waals surface area contributed by atoms with Gasteiger partial charge >= 0.3 is 0 Å². The maximum absolute atomic E-state index is 3.74. The summed E-state index contributed by atoms with van der Waals surface area (Å²) in [4.78, 5) is 0. The summed E-state index contributed by atoms with van der Waals surface area (Å²) >= 11 is 0. The minimum Gasteiger partial charge on any atom is -0.233 e. The Morgan fingerprint density at radius 2 is 2.30 bits per heavy atom. The van der Waals surface area contributed by atoms with Crippen LogP contribution in [0.15, 0.2) is 6.33 Å². The smallest absolute Gasteiger partial charge is 0.138 e. The van der Waals surface area contributed by atoms with Gasteiger partial charge in [-0.1, -0.05) is 19.8 Å². The van der Waals surface area contributed by atoms with Gasteiger partial charge in [-0.15, -0.1) is 5.10 Å². The second kappa shape index (κ2) is 3.98. The van der Waals surface area contributed by atoms with Crippen molar-refractivity contribution in [2.24, 2.45) is 0 Å². The van der Waals surface area contributed by atoms with Crippen LogP contribution in [0.4, 0.5) is 0 Å². The average molecular weight is 139 g/mol. The lowest BCUT2D eigenvalue weighted by atomic mass is 10.2. The number of hydrogen-bond acceptors (Lipinski definition) is 3. The van der Waals surface area contributed by atoms with Crippen LogP contribution in [0.3, 0.4) is 0 Å². The second-order valence-electron chi connectivity index (χ2n) is 2.13. The van der Waals surface area contributed by atoms with Crippen molar-refractivity contribution >= 4 is 0 Å². The lowest BCUT2D eigenvalue weighted by Gasteiger charge is -1.95. The molecule has 0 aliphatic heterocycles. The zero-order chi connectivity index (χ0) is 7.23. The van der Waals surface area contributed by atoms with Gasteiger partial charge in [-0.05, 0) is 16.8 Å². The minimum atomic E-state index is 0.905. The van der Waals surface area contributed by atoms with E-state index in [2.05, 4.69) is 22.4 Å². The Hall–Kier alpha value is -0.930. The van der Waals surface area contributed by atoms with Gasteiger partial charge in [-0.3, -0.25) is 0 Å². The molecular weight excluding hydrogens is 128 g/mol. The summed E-state index contributed by atoms with van der Waals surface area (Å²) in [6.07, 6.45) is 4.86. The monoisotopic (exact) mass is 139 g/mol. The predicted molar refractivity (Wildman–Crippen MR) is 37.0 cm³/mol. The molecule has 10 heavy (non-hydrogen) atoms. The molecule has 1 rings (SSSR count). The van der Waals surface area contributed by atoms with Gasteiger partial charge in [0.1, 0.15) is 6.33 Å². The third-order valence-electron chi connectivity index (χ3n) is 1.28. The topological polar surface area (TPSA) is 43.6 Å². The molecular formula is C6H11N4. The maximum atomic E-state index is 3.74. The number of hydrogen-bond donors (Lipinski definition) is 0. The highest BCUT2D eigenvalue weighted by atomic mass is 15.5. The van der Waals surface area contributed by atoms with Crippen LogP contribution in [0.5, 0.6) is 0 Å². The molecule has 0 fully saturated rings. The number of aromatic nitrogens is 4. The lowest BCUT2D eigenvalue weighted by molar-refractivity contribution is 0.543. The van der Waals surface area contributed by atoms with Gasteiger partial charge in [-0.2, -0.15) is 0 Å². The molecule has 0 bridgehead atoms. The highest BCUT2D eigenvalue weighted by Crippen LogP contribution is 1.94. The Bertz CT molecular complexity index is 158. The van der Waals surface area contributed by atoms with Crippen LogP contribution in [-0.4, -0.2) is 20.2 Å². The van der Waals surface area contributed by atoms with E-state index in [0.717, 1.165) is 25.8 Å². The first-order chi connectivity index (χ1) is 4.93. The third kappa shape index (κ3) is 2.13. The van der Waals surface area contributed by atoms with E-state index >= 15 is 0 Å². The molecule has 0 amide bonds. The molecule has 0 unspecified atom stereocenters. The van der Waals surface area contributed by atoms with Crippen LogP contribution < -0.4 is 0 Å². The molecule has 1 radical (unpaired) electrons. The highest BCUT2D eigenvalue weighted by molar-refractivity contribution is 4.48. The van der Waals surface area contributed by atoms with Crippen LogP contribution in [0, 0.1) is 6.92 Å². The van der Waals surface area contributed by atoms with Gasteiger partial charge in [0.15, 0.2) is 0 Å². The molecule has 0 spiro atoms. The number of unbranched alkanes of at least 4 members (excludes halogenated alkanes) is 2. The molecule has 1 aromatic rings. The quantitative estimate of drug-likeness (QED) is 0.576. The van der Waals surface area contributed by atoms with Crippen molar-refractivity contribution < 1.29 is 0 Å². The molecule has 0 N–H and O–H groups in total. The SMILES string of the molecule is [CH2]CCCCn1cnnn1. The van der Waals surface area contributed by atoms with Crippen molar-refractivity contribution in [3.63, 3.8) is 0 Å². The van der Waals surface area contributed by atoms with E-state index in [1.807, 2.05) is 0 Å². The van der Waals surface area contributed by atoms with E-state index < -0.39 is 0 Å². The Morgan fingerprint density at radius 1 is 1.40 bits per heavy atom.